The smallest absolute Gasteiger partial charge is 0.233 e. The number of nitrogens with zero attached hydrogens (tertiary/aromatic N) is 4. The largest absolute Gasteiger partial charge is 0.341 e. The lowest BCUT2D eigenvalue weighted by Gasteiger charge is -2.17. The standard InChI is InChI=1S/C12H14FN5OS/c1-17(6-9-4-2-3-5-10(9)13)11(19)7-20-12-16-15-8-18(12)14/h2-5,8H,6-7,14H2,1H3. The van der Waals surface area contributed by atoms with Crippen molar-refractivity contribution in [2.24, 2.45) is 0 Å². The Morgan fingerprint density at radius 2 is 2.25 bits per heavy atom. The first-order valence-electron chi connectivity index (χ1n) is 5.83. The average Bonchev–Trinajstić information content (AvgIpc) is 2.84. The van der Waals surface area contributed by atoms with Crippen molar-refractivity contribution in [3.05, 3.63) is 42.0 Å². The summed E-state index contributed by atoms with van der Waals surface area (Å²) in [5, 5.41) is 7.84. The van der Waals surface area contributed by atoms with Gasteiger partial charge in [0, 0.05) is 19.2 Å². The Morgan fingerprint density at radius 1 is 1.50 bits per heavy atom. The van der Waals surface area contributed by atoms with Gasteiger partial charge in [-0.3, -0.25) is 4.79 Å². The zero-order valence-corrected chi connectivity index (χ0v) is 11.7. The number of carbonyl (C=O) groups is 1. The topological polar surface area (TPSA) is 77.0 Å². The SMILES string of the molecule is CN(Cc1ccccc1F)C(=O)CSc1nncn1N. The zero-order chi connectivity index (χ0) is 14.5. The molecule has 0 aliphatic carbocycles. The van der Waals surface area contributed by atoms with Gasteiger partial charge in [-0.25, -0.2) is 9.07 Å². The number of amides is 1. The summed E-state index contributed by atoms with van der Waals surface area (Å²) in [6.45, 7) is 0.224. The predicted octanol–water partition coefficient (Wildman–Crippen LogP) is 0.882. The summed E-state index contributed by atoms with van der Waals surface area (Å²) in [4.78, 5) is 13.4. The van der Waals surface area contributed by atoms with Crippen molar-refractivity contribution in [2.75, 3.05) is 18.6 Å². The van der Waals surface area contributed by atoms with Crippen LogP contribution in [0.5, 0.6) is 0 Å². The third-order valence-electron chi connectivity index (χ3n) is 2.66. The van der Waals surface area contributed by atoms with E-state index in [0.717, 1.165) is 0 Å². The van der Waals surface area contributed by atoms with Crippen LogP contribution in [-0.2, 0) is 11.3 Å². The van der Waals surface area contributed by atoms with Gasteiger partial charge in [0.15, 0.2) is 0 Å². The first kappa shape index (κ1) is 14.3. The second-order valence-electron chi connectivity index (χ2n) is 4.15. The van der Waals surface area contributed by atoms with Crippen molar-refractivity contribution in [3.8, 4) is 0 Å². The van der Waals surface area contributed by atoms with Gasteiger partial charge in [0.25, 0.3) is 0 Å². The molecule has 0 saturated heterocycles. The van der Waals surface area contributed by atoms with Gasteiger partial charge in [-0.2, -0.15) is 0 Å². The normalized spacial score (nSPS) is 10.5. The van der Waals surface area contributed by atoms with E-state index in [0.29, 0.717) is 10.7 Å². The van der Waals surface area contributed by atoms with E-state index in [1.54, 1.807) is 25.2 Å². The number of aromatic nitrogens is 3. The monoisotopic (exact) mass is 295 g/mol. The molecule has 0 bridgehead atoms. The summed E-state index contributed by atoms with van der Waals surface area (Å²) in [6.07, 6.45) is 1.36. The number of hydrogen-bond acceptors (Lipinski definition) is 5. The third-order valence-corrected chi connectivity index (χ3v) is 3.60. The molecule has 8 heteroatoms. The van der Waals surface area contributed by atoms with Crippen molar-refractivity contribution in [1.82, 2.24) is 19.8 Å². The van der Waals surface area contributed by atoms with Crippen LogP contribution in [0.15, 0.2) is 35.7 Å². The minimum atomic E-state index is -0.318. The van der Waals surface area contributed by atoms with Crippen LogP contribution < -0.4 is 5.84 Å². The average molecular weight is 295 g/mol. The molecule has 0 saturated carbocycles. The molecule has 2 aromatic rings. The molecule has 0 unspecified atom stereocenters. The minimum Gasteiger partial charge on any atom is -0.341 e. The zero-order valence-electron chi connectivity index (χ0n) is 10.9. The highest BCUT2D eigenvalue weighted by Crippen LogP contribution is 2.14. The number of thioether (sulfide) groups is 1. The summed E-state index contributed by atoms with van der Waals surface area (Å²) in [6, 6.07) is 6.38. The lowest BCUT2D eigenvalue weighted by Crippen LogP contribution is -2.28. The van der Waals surface area contributed by atoms with Gasteiger partial charge in [-0.05, 0) is 6.07 Å². The van der Waals surface area contributed by atoms with E-state index in [1.807, 2.05) is 0 Å². The van der Waals surface area contributed by atoms with E-state index >= 15 is 0 Å². The number of carbonyl (C=O) groups excluding carboxylic acids is 1. The predicted molar refractivity (Wildman–Crippen MR) is 73.8 cm³/mol. The quantitative estimate of drug-likeness (QED) is 0.654. The molecule has 1 aromatic heterocycles. The van der Waals surface area contributed by atoms with Crippen LogP contribution in [0.3, 0.4) is 0 Å². The van der Waals surface area contributed by atoms with E-state index in [-0.39, 0.29) is 24.0 Å². The van der Waals surface area contributed by atoms with Crippen molar-refractivity contribution in [1.29, 1.82) is 0 Å². The number of halogens is 1. The molecule has 2 rings (SSSR count). The molecule has 1 heterocycles. The van der Waals surface area contributed by atoms with Gasteiger partial charge in [0.2, 0.25) is 11.1 Å². The maximum atomic E-state index is 13.5. The Morgan fingerprint density at radius 3 is 2.90 bits per heavy atom. The third kappa shape index (κ3) is 3.47. The van der Waals surface area contributed by atoms with Gasteiger partial charge < -0.3 is 10.7 Å². The number of benzene rings is 1. The summed E-state index contributed by atoms with van der Waals surface area (Å²) in [5.74, 6) is 5.25. The summed E-state index contributed by atoms with van der Waals surface area (Å²) in [7, 11) is 1.63. The molecule has 0 spiro atoms. The Hall–Kier alpha value is -2.09. The number of hydrogen-bond donors (Lipinski definition) is 1. The fraction of sp³-hybridized carbons (Fsp3) is 0.250. The second kappa shape index (κ2) is 6.38. The first-order valence-corrected chi connectivity index (χ1v) is 6.81. The van der Waals surface area contributed by atoms with Crippen molar-refractivity contribution >= 4 is 17.7 Å². The molecule has 20 heavy (non-hydrogen) atoms. The Bertz CT molecular complexity index is 603. The van der Waals surface area contributed by atoms with Crippen molar-refractivity contribution in [3.63, 3.8) is 0 Å². The number of nitrogen functional groups attached to an aromatic ring is 1. The van der Waals surface area contributed by atoms with Crippen molar-refractivity contribution in [2.45, 2.75) is 11.7 Å². The van der Waals surface area contributed by atoms with E-state index in [1.165, 1.54) is 33.7 Å². The van der Waals surface area contributed by atoms with E-state index in [4.69, 9.17) is 5.84 Å². The first-order chi connectivity index (χ1) is 9.58. The van der Waals surface area contributed by atoms with Gasteiger partial charge in [0.1, 0.15) is 12.1 Å². The molecular weight excluding hydrogens is 281 g/mol. The molecular formula is C12H14FN5OS. The second-order valence-corrected chi connectivity index (χ2v) is 5.09. The molecule has 6 nitrogen and oxygen atoms in total. The van der Waals surface area contributed by atoms with Gasteiger partial charge in [0.05, 0.1) is 5.75 Å². The van der Waals surface area contributed by atoms with Crippen LogP contribution in [0.25, 0.3) is 0 Å². The molecule has 0 aliphatic heterocycles. The highest BCUT2D eigenvalue weighted by Gasteiger charge is 2.13. The van der Waals surface area contributed by atoms with E-state index < -0.39 is 0 Å². The van der Waals surface area contributed by atoms with Crippen LogP contribution in [0, 0.1) is 5.82 Å². The van der Waals surface area contributed by atoms with E-state index in [2.05, 4.69) is 10.2 Å². The highest BCUT2D eigenvalue weighted by molar-refractivity contribution is 7.99. The molecule has 0 radical (unpaired) electrons. The molecule has 106 valence electrons. The number of rotatable bonds is 5. The van der Waals surface area contributed by atoms with Crippen LogP contribution in [-0.4, -0.2) is 38.5 Å². The molecule has 0 fully saturated rings. The van der Waals surface area contributed by atoms with Crippen LogP contribution >= 0.6 is 11.8 Å². The molecule has 1 aromatic carbocycles. The highest BCUT2D eigenvalue weighted by atomic mass is 32.2. The van der Waals surface area contributed by atoms with Crippen LogP contribution in [0.4, 0.5) is 4.39 Å². The van der Waals surface area contributed by atoms with Crippen LogP contribution in [0.2, 0.25) is 0 Å². The summed E-state index contributed by atoms with van der Waals surface area (Å²) < 4.78 is 14.7. The van der Waals surface area contributed by atoms with E-state index in [9.17, 15) is 9.18 Å². The number of nitrogens with two attached hydrogens (primary N) is 1. The Balaban J connectivity index is 1.89. The molecule has 2 N–H and O–H groups in total. The maximum Gasteiger partial charge on any atom is 0.233 e. The fourth-order valence-electron chi connectivity index (χ4n) is 1.54. The lowest BCUT2D eigenvalue weighted by molar-refractivity contribution is -0.127. The Labute approximate surface area is 119 Å². The summed E-state index contributed by atoms with van der Waals surface area (Å²) >= 11 is 1.18. The molecule has 0 aliphatic rings. The van der Waals surface area contributed by atoms with Gasteiger partial charge in [-0.15, -0.1) is 10.2 Å². The van der Waals surface area contributed by atoms with Crippen molar-refractivity contribution < 1.29 is 9.18 Å². The minimum absolute atomic E-state index is 0.138. The maximum absolute atomic E-state index is 13.5. The summed E-state index contributed by atoms with van der Waals surface area (Å²) in [5.41, 5.74) is 0.482. The van der Waals surface area contributed by atoms with Gasteiger partial charge in [-0.1, -0.05) is 30.0 Å². The van der Waals surface area contributed by atoms with Gasteiger partial charge >= 0.3 is 0 Å². The molecule has 0 atom stereocenters. The lowest BCUT2D eigenvalue weighted by atomic mass is 10.2. The fourth-order valence-corrected chi connectivity index (χ4v) is 2.32. The van der Waals surface area contributed by atoms with Crippen LogP contribution in [0.1, 0.15) is 5.56 Å². The Kier molecular flexibility index (Phi) is 4.57. The molecule has 1 amide bonds.